The Morgan fingerprint density at radius 2 is 1.97 bits per heavy atom. The Bertz CT molecular complexity index is 996. The Kier molecular flexibility index (Phi) is 6.46. The summed E-state index contributed by atoms with van der Waals surface area (Å²) in [4.78, 5) is 40.9. The topological polar surface area (TPSA) is 87.7 Å². The number of methoxy groups -OCH3 is 1. The van der Waals surface area contributed by atoms with E-state index < -0.39 is 5.25 Å². The van der Waals surface area contributed by atoms with E-state index in [0.29, 0.717) is 26.1 Å². The number of carbonyl (C=O) groups excluding carboxylic acids is 3. The van der Waals surface area contributed by atoms with Crippen LogP contribution in [-0.4, -0.2) is 48.1 Å². The molecular formula is C23H25N3O4S. The molecule has 0 bridgehead atoms. The number of hydrogen-bond donors (Lipinski definition) is 2. The lowest BCUT2D eigenvalue weighted by Crippen LogP contribution is -2.50. The minimum Gasteiger partial charge on any atom is -0.496 e. The molecule has 2 aromatic carbocycles. The van der Waals surface area contributed by atoms with Crippen LogP contribution in [0.4, 0.5) is 5.69 Å². The molecule has 0 spiro atoms. The van der Waals surface area contributed by atoms with Gasteiger partial charge in [0.2, 0.25) is 17.7 Å². The van der Waals surface area contributed by atoms with E-state index in [2.05, 4.69) is 10.6 Å². The fourth-order valence-corrected chi connectivity index (χ4v) is 5.02. The number of amides is 3. The van der Waals surface area contributed by atoms with Gasteiger partial charge in [-0.05, 0) is 31.0 Å². The van der Waals surface area contributed by atoms with Gasteiger partial charge in [-0.15, -0.1) is 11.8 Å². The van der Waals surface area contributed by atoms with Crippen LogP contribution in [0, 0.1) is 5.92 Å². The van der Waals surface area contributed by atoms with Crippen LogP contribution in [0.3, 0.4) is 0 Å². The summed E-state index contributed by atoms with van der Waals surface area (Å²) in [7, 11) is 1.60. The number of rotatable bonds is 5. The van der Waals surface area contributed by atoms with Crippen LogP contribution < -0.4 is 15.4 Å². The first-order valence-corrected chi connectivity index (χ1v) is 11.2. The van der Waals surface area contributed by atoms with Crippen molar-refractivity contribution in [2.24, 2.45) is 5.92 Å². The van der Waals surface area contributed by atoms with Crippen LogP contribution in [-0.2, 0) is 20.9 Å². The van der Waals surface area contributed by atoms with Gasteiger partial charge in [-0.3, -0.25) is 14.4 Å². The summed E-state index contributed by atoms with van der Waals surface area (Å²) in [5, 5.41) is 4.95. The summed E-state index contributed by atoms with van der Waals surface area (Å²) in [6, 6.07) is 15.0. The fraction of sp³-hybridized carbons (Fsp3) is 0.348. The number of nitrogens with one attached hydrogen (secondary N) is 2. The first-order valence-electron chi connectivity index (χ1n) is 10.3. The number of thioether (sulfide) groups is 1. The van der Waals surface area contributed by atoms with E-state index >= 15 is 0 Å². The van der Waals surface area contributed by atoms with E-state index in [0.717, 1.165) is 28.3 Å². The molecule has 3 amide bonds. The van der Waals surface area contributed by atoms with Crippen LogP contribution in [0.1, 0.15) is 18.4 Å². The van der Waals surface area contributed by atoms with E-state index in [9.17, 15) is 14.4 Å². The molecule has 1 saturated heterocycles. The minimum absolute atomic E-state index is 0.0884. The normalized spacial score (nSPS) is 20.4. The van der Waals surface area contributed by atoms with Crippen LogP contribution in [0.5, 0.6) is 5.75 Å². The number of hydrogen-bond acceptors (Lipinski definition) is 5. The zero-order valence-electron chi connectivity index (χ0n) is 17.3. The highest BCUT2D eigenvalue weighted by Crippen LogP contribution is 2.36. The number of anilines is 1. The van der Waals surface area contributed by atoms with Crippen molar-refractivity contribution < 1.29 is 19.1 Å². The highest BCUT2D eigenvalue weighted by Gasteiger charge is 2.38. The number of fused-ring (bicyclic) bond motifs is 1. The average molecular weight is 440 g/mol. The maximum atomic E-state index is 13.1. The van der Waals surface area contributed by atoms with E-state index in [1.54, 1.807) is 12.0 Å². The molecule has 4 rings (SSSR count). The summed E-state index contributed by atoms with van der Waals surface area (Å²) in [6.45, 7) is 1.24. The van der Waals surface area contributed by atoms with Gasteiger partial charge in [-0.2, -0.15) is 0 Å². The third-order valence-corrected chi connectivity index (χ3v) is 6.86. The molecule has 0 radical (unpaired) electrons. The van der Waals surface area contributed by atoms with E-state index in [4.69, 9.17) is 4.74 Å². The van der Waals surface area contributed by atoms with Crippen LogP contribution >= 0.6 is 11.8 Å². The number of likely N-dealkylation sites (tertiary alicyclic amines) is 1. The van der Waals surface area contributed by atoms with Gasteiger partial charge in [0.1, 0.15) is 5.75 Å². The molecular weight excluding hydrogens is 414 g/mol. The minimum atomic E-state index is -0.828. The van der Waals surface area contributed by atoms with E-state index in [1.807, 2.05) is 48.5 Å². The predicted molar refractivity (Wildman–Crippen MR) is 119 cm³/mol. The molecule has 2 N–H and O–H groups in total. The van der Waals surface area contributed by atoms with Crippen LogP contribution in [0.2, 0.25) is 0 Å². The van der Waals surface area contributed by atoms with Gasteiger partial charge in [-0.1, -0.05) is 30.3 Å². The SMILES string of the molecule is COc1ccccc1CNC(=O)C1CCCN(C(=O)C2Sc3ccccc3NC2=O)C1. The second kappa shape index (κ2) is 9.43. The molecule has 31 heavy (non-hydrogen) atoms. The van der Waals surface area contributed by atoms with Crippen molar-refractivity contribution >= 4 is 35.2 Å². The van der Waals surface area contributed by atoms with Crippen molar-refractivity contribution in [2.45, 2.75) is 29.5 Å². The Morgan fingerprint density at radius 1 is 1.19 bits per heavy atom. The molecule has 162 valence electrons. The van der Waals surface area contributed by atoms with Crippen molar-refractivity contribution in [3.05, 3.63) is 54.1 Å². The molecule has 2 unspecified atom stereocenters. The molecule has 0 aliphatic carbocycles. The summed E-state index contributed by atoms with van der Waals surface area (Å²) < 4.78 is 5.33. The van der Waals surface area contributed by atoms with Crippen molar-refractivity contribution in [1.82, 2.24) is 10.2 Å². The molecule has 0 saturated carbocycles. The van der Waals surface area contributed by atoms with Gasteiger partial charge < -0.3 is 20.3 Å². The molecule has 1 fully saturated rings. The highest BCUT2D eigenvalue weighted by molar-refractivity contribution is 8.01. The Morgan fingerprint density at radius 3 is 2.81 bits per heavy atom. The average Bonchev–Trinajstić information content (AvgIpc) is 2.81. The standard InChI is InChI=1S/C23H25N3O4S/c1-30-18-10-4-2-7-15(18)13-24-21(27)16-8-6-12-26(14-16)23(29)20-22(28)25-17-9-3-5-11-19(17)31-20/h2-5,7,9-11,16,20H,6,8,12-14H2,1H3,(H,24,27)(H,25,28). The molecule has 2 aliphatic heterocycles. The Labute approximate surface area is 185 Å². The quantitative estimate of drug-likeness (QED) is 0.700. The maximum Gasteiger partial charge on any atom is 0.247 e. The number of nitrogens with zero attached hydrogens (tertiary/aromatic N) is 1. The fourth-order valence-electron chi connectivity index (χ4n) is 3.95. The second-order valence-corrected chi connectivity index (χ2v) is 8.78. The lowest BCUT2D eigenvalue weighted by molar-refractivity contribution is -0.137. The van der Waals surface area contributed by atoms with Gasteiger partial charge in [0, 0.05) is 30.1 Å². The van der Waals surface area contributed by atoms with Crippen molar-refractivity contribution in [1.29, 1.82) is 0 Å². The highest BCUT2D eigenvalue weighted by atomic mass is 32.2. The van der Waals surface area contributed by atoms with E-state index in [-0.39, 0.29) is 23.6 Å². The molecule has 7 nitrogen and oxygen atoms in total. The first kappa shape index (κ1) is 21.2. The van der Waals surface area contributed by atoms with E-state index in [1.165, 1.54) is 11.8 Å². The largest absolute Gasteiger partial charge is 0.496 e. The third-order valence-electron chi connectivity index (χ3n) is 5.60. The number of ether oxygens (including phenoxy) is 1. The summed E-state index contributed by atoms with van der Waals surface area (Å²) in [5.74, 6) is -0.203. The van der Waals surface area contributed by atoms with Crippen molar-refractivity contribution in [2.75, 3.05) is 25.5 Å². The van der Waals surface area contributed by atoms with Crippen LogP contribution in [0.15, 0.2) is 53.4 Å². The number of piperidine rings is 1. The lowest BCUT2D eigenvalue weighted by Gasteiger charge is -2.35. The molecule has 2 heterocycles. The monoisotopic (exact) mass is 439 g/mol. The molecule has 2 aliphatic rings. The molecule has 2 atom stereocenters. The summed E-state index contributed by atoms with van der Waals surface area (Å²) in [6.07, 6.45) is 1.45. The van der Waals surface area contributed by atoms with Gasteiger partial charge in [-0.25, -0.2) is 0 Å². The van der Waals surface area contributed by atoms with Gasteiger partial charge >= 0.3 is 0 Å². The summed E-state index contributed by atoms with van der Waals surface area (Å²) in [5.41, 5.74) is 1.63. The number of benzene rings is 2. The molecule has 8 heteroatoms. The molecule has 0 aromatic heterocycles. The summed E-state index contributed by atoms with van der Waals surface area (Å²) >= 11 is 1.27. The maximum absolute atomic E-state index is 13.1. The van der Waals surface area contributed by atoms with Crippen LogP contribution in [0.25, 0.3) is 0 Å². The second-order valence-electron chi connectivity index (χ2n) is 7.64. The first-order chi connectivity index (χ1) is 15.1. The number of carbonyl (C=O) groups is 3. The van der Waals surface area contributed by atoms with Gasteiger partial charge in [0.15, 0.2) is 5.25 Å². The van der Waals surface area contributed by atoms with Crippen molar-refractivity contribution in [3.8, 4) is 5.75 Å². The zero-order chi connectivity index (χ0) is 21.8. The zero-order valence-corrected chi connectivity index (χ0v) is 18.1. The van der Waals surface area contributed by atoms with Gasteiger partial charge in [0.25, 0.3) is 0 Å². The number of para-hydroxylation sites is 2. The predicted octanol–water partition coefficient (Wildman–Crippen LogP) is 2.66. The third kappa shape index (κ3) is 4.69. The van der Waals surface area contributed by atoms with Gasteiger partial charge in [0.05, 0.1) is 18.7 Å². The van der Waals surface area contributed by atoms with Crippen molar-refractivity contribution in [3.63, 3.8) is 0 Å². The Balaban J connectivity index is 1.37. The lowest BCUT2D eigenvalue weighted by atomic mass is 9.96. The molecule has 2 aromatic rings. The Hall–Kier alpha value is -3.00. The smallest absolute Gasteiger partial charge is 0.247 e.